The van der Waals surface area contributed by atoms with Crippen LogP contribution < -0.4 is 0 Å². The molecule has 0 aliphatic rings. The van der Waals surface area contributed by atoms with Crippen LogP contribution >= 0.6 is 0 Å². The van der Waals surface area contributed by atoms with Gasteiger partial charge in [0.05, 0.1) is 11.0 Å². The maximum atomic E-state index is 12.0. The summed E-state index contributed by atoms with van der Waals surface area (Å²) in [6.07, 6.45) is -3.02. The normalized spacial score (nSPS) is 12.8. The predicted octanol–water partition coefficient (Wildman–Crippen LogP) is 3.45. The Kier molecular flexibility index (Phi) is 2.46. The molecule has 0 radical (unpaired) electrons. The van der Waals surface area contributed by atoms with Crippen molar-refractivity contribution in [3.05, 3.63) is 35.7 Å². The molecule has 84 valence electrons. The highest BCUT2D eigenvalue weighted by atomic mass is 19.4. The van der Waals surface area contributed by atoms with Gasteiger partial charge in [0.1, 0.15) is 5.82 Å². The first-order valence-corrected chi connectivity index (χ1v) is 4.66. The molecule has 0 aliphatic heterocycles. The minimum atomic E-state index is -4.28. The van der Waals surface area contributed by atoms with Crippen LogP contribution in [0.3, 0.4) is 0 Å². The fourth-order valence-electron chi connectivity index (χ4n) is 1.45. The Bertz CT molecular complexity index is 538. The lowest BCUT2D eigenvalue weighted by atomic mass is 10.2. The lowest BCUT2D eigenvalue weighted by molar-refractivity contribution is -0.0790. The topological polar surface area (TPSA) is 28.7 Å². The molecule has 2 nitrogen and oxygen atoms in total. The summed E-state index contributed by atoms with van der Waals surface area (Å²) in [6.45, 7) is 1.80. The summed E-state index contributed by atoms with van der Waals surface area (Å²) in [4.78, 5) is 7.13. The number of nitrogens with one attached hydrogen (secondary N) is 1. The molecule has 0 atom stereocenters. The van der Waals surface area contributed by atoms with Crippen molar-refractivity contribution < 1.29 is 13.2 Å². The molecule has 0 aliphatic carbocycles. The van der Waals surface area contributed by atoms with E-state index in [9.17, 15) is 13.2 Å². The number of alkyl halides is 3. The first-order chi connectivity index (χ1) is 7.44. The van der Waals surface area contributed by atoms with E-state index < -0.39 is 6.18 Å². The van der Waals surface area contributed by atoms with Gasteiger partial charge in [0.15, 0.2) is 0 Å². The zero-order valence-corrected chi connectivity index (χ0v) is 8.47. The molecule has 0 saturated carbocycles. The highest BCUT2D eigenvalue weighted by Gasteiger charge is 2.21. The molecule has 1 N–H and O–H groups in total. The molecule has 5 heteroatoms. The summed E-state index contributed by atoms with van der Waals surface area (Å²) >= 11 is 0. The number of rotatable bonds is 1. The van der Waals surface area contributed by atoms with Crippen LogP contribution in [-0.4, -0.2) is 16.1 Å². The number of hydrogen-bond acceptors (Lipinski definition) is 1. The van der Waals surface area contributed by atoms with E-state index >= 15 is 0 Å². The van der Waals surface area contributed by atoms with Crippen LogP contribution in [0.15, 0.2) is 24.3 Å². The maximum absolute atomic E-state index is 12.0. The van der Waals surface area contributed by atoms with Crippen molar-refractivity contribution >= 4 is 17.1 Å². The molecule has 1 aromatic heterocycles. The Morgan fingerprint density at radius 1 is 1.31 bits per heavy atom. The minimum Gasteiger partial charge on any atom is -0.342 e. The Labute approximate surface area is 89.8 Å². The third-order valence-corrected chi connectivity index (χ3v) is 2.09. The first kappa shape index (κ1) is 10.7. The molecule has 1 aromatic carbocycles. The van der Waals surface area contributed by atoms with Crippen molar-refractivity contribution in [2.45, 2.75) is 13.1 Å². The largest absolute Gasteiger partial charge is 0.409 e. The van der Waals surface area contributed by atoms with Crippen LogP contribution in [0.4, 0.5) is 13.2 Å². The molecule has 2 aromatic rings. The van der Waals surface area contributed by atoms with Crippen molar-refractivity contribution in [3.63, 3.8) is 0 Å². The third kappa shape index (κ3) is 2.42. The van der Waals surface area contributed by atoms with Crippen molar-refractivity contribution in [1.82, 2.24) is 9.97 Å². The van der Waals surface area contributed by atoms with Crippen LogP contribution in [0.2, 0.25) is 0 Å². The summed E-state index contributed by atoms with van der Waals surface area (Å²) in [6, 6.07) is 4.93. The van der Waals surface area contributed by atoms with E-state index in [1.165, 1.54) is 0 Å². The highest BCUT2D eigenvalue weighted by Crippen LogP contribution is 2.20. The summed E-state index contributed by atoms with van der Waals surface area (Å²) in [5.74, 6) is 0.743. The summed E-state index contributed by atoms with van der Waals surface area (Å²) < 4.78 is 35.9. The number of allylic oxidation sites excluding steroid dienone is 1. The molecule has 0 bridgehead atoms. The van der Waals surface area contributed by atoms with Crippen molar-refractivity contribution in [2.24, 2.45) is 0 Å². The average molecular weight is 226 g/mol. The Hall–Kier alpha value is -1.78. The second-order valence-electron chi connectivity index (χ2n) is 3.47. The number of fused-ring (bicyclic) bond motifs is 1. The molecule has 2 rings (SSSR count). The van der Waals surface area contributed by atoms with Crippen molar-refractivity contribution in [2.75, 3.05) is 0 Å². The van der Waals surface area contributed by atoms with Gasteiger partial charge >= 0.3 is 6.18 Å². The van der Waals surface area contributed by atoms with Crippen LogP contribution in [0.25, 0.3) is 17.1 Å². The number of H-pyrrole nitrogens is 1. The zero-order chi connectivity index (χ0) is 11.8. The molecular formula is C11H9F3N2. The van der Waals surface area contributed by atoms with E-state index in [1.54, 1.807) is 25.1 Å². The van der Waals surface area contributed by atoms with Gasteiger partial charge < -0.3 is 4.98 Å². The number of nitrogens with zero attached hydrogens (tertiary/aromatic N) is 1. The number of halogens is 3. The van der Waals surface area contributed by atoms with Gasteiger partial charge in [-0.2, -0.15) is 13.2 Å². The number of aromatic nitrogens is 2. The van der Waals surface area contributed by atoms with Gasteiger partial charge in [-0.1, -0.05) is 12.1 Å². The van der Waals surface area contributed by atoms with Gasteiger partial charge in [-0.3, -0.25) is 0 Å². The summed E-state index contributed by atoms with van der Waals surface area (Å²) in [5.41, 5.74) is 1.98. The fraction of sp³-hybridized carbons (Fsp3) is 0.182. The predicted molar refractivity (Wildman–Crippen MR) is 55.9 cm³/mol. The monoisotopic (exact) mass is 226 g/mol. The van der Waals surface area contributed by atoms with Crippen LogP contribution in [0.1, 0.15) is 11.4 Å². The lowest BCUT2D eigenvalue weighted by Crippen LogP contribution is -2.00. The van der Waals surface area contributed by atoms with E-state index in [1.807, 2.05) is 0 Å². The molecule has 0 spiro atoms. The quantitative estimate of drug-likeness (QED) is 0.792. The summed E-state index contributed by atoms with van der Waals surface area (Å²) in [7, 11) is 0. The third-order valence-electron chi connectivity index (χ3n) is 2.09. The van der Waals surface area contributed by atoms with E-state index in [0.717, 1.165) is 22.9 Å². The number of hydrogen-bond donors (Lipinski definition) is 1. The molecule has 16 heavy (non-hydrogen) atoms. The Morgan fingerprint density at radius 2 is 2.06 bits per heavy atom. The number of benzene rings is 1. The highest BCUT2D eigenvalue weighted by molar-refractivity contribution is 5.78. The zero-order valence-electron chi connectivity index (χ0n) is 8.47. The van der Waals surface area contributed by atoms with Gasteiger partial charge in [0.2, 0.25) is 0 Å². The average Bonchev–Trinajstić information content (AvgIpc) is 2.52. The van der Waals surface area contributed by atoms with Crippen LogP contribution in [0.5, 0.6) is 0 Å². The minimum absolute atomic E-state index is 0.220. The first-order valence-electron chi connectivity index (χ1n) is 4.66. The molecule has 0 amide bonds. The van der Waals surface area contributed by atoms with Gasteiger partial charge in [-0.25, -0.2) is 4.98 Å². The van der Waals surface area contributed by atoms with Gasteiger partial charge in [-0.15, -0.1) is 0 Å². The molecule has 0 fully saturated rings. The van der Waals surface area contributed by atoms with Crippen molar-refractivity contribution in [3.8, 4) is 0 Å². The summed E-state index contributed by atoms with van der Waals surface area (Å²) in [5, 5.41) is 0. The van der Waals surface area contributed by atoms with E-state index in [4.69, 9.17) is 0 Å². The van der Waals surface area contributed by atoms with Gasteiger partial charge in [-0.05, 0) is 24.6 Å². The van der Waals surface area contributed by atoms with Crippen molar-refractivity contribution in [1.29, 1.82) is 0 Å². The Balaban J connectivity index is 2.36. The standard InChI is InChI=1S/C11H9F3N2/c1-7-15-9-3-2-8(6-10(9)16-7)4-5-11(12,13)14/h2-6H,1H3,(H,15,16)/b5-4+. The maximum Gasteiger partial charge on any atom is 0.409 e. The Morgan fingerprint density at radius 3 is 2.75 bits per heavy atom. The van der Waals surface area contributed by atoms with Crippen LogP contribution in [-0.2, 0) is 0 Å². The van der Waals surface area contributed by atoms with Gasteiger partial charge in [0.25, 0.3) is 0 Å². The second-order valence-corrected chi connectivity index (χ2v) is 3.47. The van der Waals surface area contributed by atoms with Gasteiger partial charge in [0, 0.05) is 6.08 Å². The second kappa shape index (κ2) is 3.66. The van der Waals surface area contributed by atoms with E-state index in [0.29, 0.717) is 5.56 Å². The SMILES string of the molecule is Cc1nc2ccc(/C=C/C(F)(F)F)cc2[nH]1. The molecule has 0 saturated heterocycles. The molecule has 0 unspecified atom stereocenters. The fourth-order valence-corrected chi connectivity index (χ4v) is 1.45. The van der Waals surface area contributed by atoms with E-state index in [2.05, 4.69) is 9.97 Å². The smallest absolute Gasteiger partial charge is 0.342 e. The molecular weight excluding hydrogens is 217 g/mol. The number of aryl methyl sites for hydroxylation is 1. The number of imidazole rings is 1. The lowest BCUT2D eigenvalue weighted by Gasteiger charge is -1.98. The molecule has 1 heterocycles. The van der Waals surface area contributed by atoms with E-state index in [-0.39, 0.29) is 6.08 Å². The van der Waals surface area contributed by atoms with Crippen LogP contribution in [0, 0.1) is 6.92 Å². The number of aromatic amines is 1.